The lowest BCUT2D eigenvalue weighted by molar-refractivity contribution is 0.0227. The second kappa shape index (κ2) is 12.2. The van der Waals surface area contributed by atoms with Crippen molar-refractivity contribution in [3.63, 3.8) is 0 Å². The van der Waals surface area contributed by atoms with Crippen molar-refractivity contribution in [2.24, 2.45) is 0 Å². The molecule has 3 aromatic heterocycles. The Morgan fingerprint density at radius 1 is 1.02 bits per heavy atom. The van der Waals surface area contributed by atoms with E-state index in [1.165, 1.54) is 5.56 Å². The minimum Gasteiger partial charge on any atom is -0.497 e. The zero-order chi connectivity index (χ0) is 32.7. The number of fused-ring (bicyclic) bond motifs is 4. The molecule has 0 unspecified atom stereocenters. The number of nitrogens with one attached hydrogen (secondary N) is 1. The Bertz CT molecular complexity index is 2100. The van der Waals surface area contributed by atoms with Crippen molar-refractivity contribution in [2.75, 3.05) is 19.0 Å². The standard InChI is InChI=1S/C36H36N6O4S/c1-22-16-25(40-33-32-28-14-15-41(35(43)46-36(2,3)4)20-31(28)47-34(32)38-21-37-33)8-13-30(22)45-27-11-12-29-24(17-27)18-39-42(29)19-23-6-9-26(44-5)10-7-23/h6-13,16-18,21H,14-15,19-20H2,1-5H3,(H,37,38,40). The fourth-order valence-electron chi connectivity index (χ4n) is 5.77. The van der Waals surface area contributed by atoms with E-state index >= 15 is 0 Å². The van der Waals surface area contributed by atoms with Gasteiger partial charge in [0.1, 0.15) is 39.8 Å². The molecule has 3 aromatic carbocycles. The van der Waals surface area contributed by atoms with E-state index in [1.807, 2.05) is 93.2 Å². The summed E-state index contributed by atoms with van der Waals surface area (Å²) in [6.07, 6.45) is 3.87. The van der Waals surface area contributed by atoms with Crippen LogP contribution in [0.3, 0.4) is 0 Å². The summed E-state index contributed by atoms with van der Waals surface area (Å²) in [5.74, 6) is 3.10. The molecule has 0 fully saturated rings. The number of aromatic nitrogens is 4. The predicted octanol–water partition coefficient (Wildman–Crippen LogP) is 8.24. The smallest absolute Gasteiger partial charge is 0.410 e. The van der Waals surface area contributed by atoms with Gasteiger partial charge in [0.2, 0.25) is 0 Å². The van der Waals surface area contributed by atoms with E-state index in [0.29, 0.717) is 26.1 Å². The number of methoxy groups -OCH3 is 1. The van der Waals surface area contributed by atoms with Crippen LogP contribution in [0.1, 0.15) is 42.3 Å². The molecule has 10 nitrogen and oxygen atoms in total. The number of rotatable bonds is 7. The third-order valence-corrected chi connectivity index (χ3v) is 9.18. The lowest BCUT2D eigenvalue weighted by atomic mass is 10.1. The van der Waals surface area contributed by atoms with Gasteiger partial charge >= 0.3 is 6.09 Å². The number of anilines is 2. The van der Waals surface area contributed by atoms with Crippen molar-refractivity contribution in [1.29, 1.82) is 0 Å². The zero-order valence-corrected chi connectivity index (χ0v) is 27.9. The number of aryl methyl sites for hydroxylation is 1. The first-order valence-electron chi connectivity index (χ1n) is 15.5. The van der Waals surface area contributed by atoms with Crippen LogP contribution in [0.25, 0.3) is 21.1 Å². The Hall–Kier alpha value is -5.16. The molecule has 240 valence electrons. The monoisotopic (exact) mass is 648 g/mol. The van der Waals surface area contributed by atoms with E-state index in [1.54, 1.807) is 29.7 Å². The molecule has 0 saturated carbocycles. The maximum absolute atomic E-state index is 12.7. The minimum absolute atomic E-state index is 0.289. The predicted molar refractivity (Wildman–Crippen MR) is 184 cm³/mol. The van der Waals surface area contributed by atoms with Gasteiger partial charge in [-0.2, -0.15) is 5.10 Å². The highest BCUT2D eigenvalue weighted by atomic mass is 32.1. The Labute approximate surface area is 276 Å². The summed E-state index contributed by atoms with van der Waals surface area (Å²) in [5.41, 5.74) is 4.72. The van der Waals surface area contributed by atoms with Crippen molar-refractivity contribution in [1.82, 2.24) is 24.6 Å². The van der Waals surface area contributed by atoms with Gasteiger partial charge in [-0.1, -0.05) is 12.1 Å². The molecule has 7 rings (SSSR count). The van der Waals surface area contributed by atoms with Crippen LogP contribution in [0.15, 0.2) is 73.2 Å². The topological polar surface area (TPSA) is 104 Å². The van der Waals surface area contributed by atoms with E-state index in [9.17, 15) is 4.79 Å². The normalized spacial score (nSPS) is 13.1. The van der Waals surface area contributed by atoms with Gasteiger partial charge in [-0.3, -0.25) is 4.68 Å². The summed E-state index contributed by atoms with van der Waals surface area (Å²) in [5, 5.41) is 10.1. The molecule has 4 heterocycles. The van der Waals surface area contributed by atoms with Gasteiger partial charge in [-0.25, -0.2) is 14.8 Å². The summed E-state index contributed by atoms with van der Waals surface area (Å²) >= 11 is 1.60. The minimum atomic E-state index is -0.532. The van der Waals surface area contributed by atoms with E-state index in [2.05, 4.69) is 26.4 Å². The quantitative estimate of drug-likeness (QED) is 0.185. The highest BCUT2D eigenvalue weighted by Gasteiger charge is 2.29. The van der Waals surface area contributed by atoms with Crippen molar-refractivity contribution in [3.8, 4) is 17.2 Å². The first-order valence-corrected chi connectivity index (χ1v) is 16.3. The van der Waals surface area contributed by atoms with Crippen LogP contribution < -0.4 is 14.8 Å². The van der Waals surface area contributed by atoms with Crippen LogP contribution in [-0.2, 0) is 24.2 Å². The van der Waals surface area contributed by atoms with Crippen molar-refractivity contribution >= 4 is 50.1 Å². The molecule has 0 atom stereocenters. The Morgan fingerprint density at radius 2 is 1.83 bits per heavy atom. The van der Waals surface area contributed by atoms with Gasteiger partial charge < -0.3 is 24.4 Å². The van der Waals surface area contributed by atoms with Crippen molar-refractivity contribution in [2.45, 2.75) is 52.8 Å². The fraction of sp³-hybridized carbons (Fsp3) is 0.278. The Balaban J connectivity index is 1.06. The number of benzene rings is 3. The molecule has 0 aliphatic carbocycles. The number of carbonyl (C=O) groups excluding carboxylic acids is 1. The number of nitrogens with zero attached hydrogens (tertiary/aromatic N) is 5. The van der Waals surface area contributed by atoms with E-state index in [-0.39, 0.29) is 6.09 Å². The van der Waals surface area contributed by atoms with Gasteiger partial charge in [0.05, 0.1) is 37.3 Å². The Kier molecular flexibility index (Phi) is 7.93. The largest absolute Gasteiger partial charge is 0.497 e. The van der Waals surface area contributed by atoms with Crippen molar-refractivity contribution in [3.05, 3.63) is 94.8 Å². The summed E-state index contributed by atoms with van der Waals surface area (Å²) in [6.45, 7) is 9.43. The van der Waals surface area contributed by atoms with Crippen LogP contribution in [0.2, 0.25) is 0 Å². The first-order chi connectivity index (χ1) is 22.6. The molecule has 0 radical (unpaired) electrons. The summed E-state index contributed by atoms with van der Waals surface area (Å²) in [7, 11) is 1.67. The molecular weight excluding hydrogens is 613 g/mol. The third-order valence-electron chi connectivity index (χ3n) is 8.06. The lowest BCUT2D eigenvalue weighted by Crippen LogP contribution is -2.39. The molecule has 0 bridgehead atoms. The summed E-state index contributed by atoms with van der Waals surface area (Å²) < 4.78 is 19.2. The van der Waals surface area contributed by atoms with E-state index in [0.717, 1.165) is 65.9 Å². The Morgan fingerprint density at radius 3 is 2.60 bits per heavy atom. The van der Waals surface area contributed by atoms with Gasteiger partial charge in [-0.05, 0) is 99.3 Å². The molecule has 0 saturated heterocycles. The van der Waals surface area contributed by atoms with Crippen molar-refractivity contribution < 1.29 is 19.0 Å². The second-order valence-corrected chi connectivity index (χ2v) is 13.7. The fourth-order valence-corrected chi connectivity index (χ4v) is 6.97. The average Bonchev–Trinajstić information content (AvgIpc) is 3.62. The van der Waals surface area contributed by atoms with Crippen LogP contribution in [-0.4, -0.2) is 50.0 Å². The molecule has 1 aliphatic rings. The van der Waals surface area contributed by atoms with E-state index in [4.69, 9.17) is 14.2 Å². The van der Waals surface area contributed by atoms with E-state index < -0.39 is 5.60 Å². The highest BCUT2D eigenvalue weighted by Crippen LogP contribution is 2.39. The van der Waals surface area contributed by atoms with Crippen LogP contribution in [0, 0.1) is 6.92 Å². The molecule has 1 aliphatic heterocycles. The molecule has 6 aromatic rings. The van der Waals surface area contributed by atoms with Gasteiger partial charge in [0, 0.05) is 22.5 Å². The number of thiophene rings is 1. The van der Waals surface area contributed by atoms with Gasteiger partial charge in [0.15, 0.2) is 0 Å². The van der Waals surface area contributed by atoms with Crippen LogP contribution in [0.5, 0.6) is 17.2 Å². The molecular formula is C36H36N6O4S. The maximum Gasteiger partial charge on any atom is 0.410 e. The second-order valence-electron chi connectivity index (χ2n) is 12.6. The van der Waals surface area contributed by atoms with Crippen LogP contribution in [0.4, 0.5) is 16.3 Å². The number of carbonyl (C=O) groups is 1. The SMILES string of the molecule is COc1ccc(Cn2ncc3cc(Oc4ccc(Nc5ncnc6sc7c(c56)CCN(C(=O)OC(C)(C)C)C7)cc4C)ccc32)cc1. The maximum atomic E-state index is 12.7. The third kappa shape index (κ3) is 6.44. The number of hydrogen-bond donors (Lipinski definition) is 1. The number of ether oxygens (including phenoxy) is 3. The summed E-state index contributed by atoms with van der Waals surface area (Å²) in [6, 6.07) is 20.1. The molecule has 11 heteroatoms. The first kappa shape index (κ1) is 30.5. The molecule has 47 heavy (non-hydrogen) atoms. The summed E-state index contributed by atoms with van der Waals surface area (Å²) in [4.78, 5) is 25.6. The molecule has 0 spiro atoms. The van der Waals surface area contributed by atoms with Gasteiger partial charge in [0.25, 0.3) is 0 Å². The molecule has 1 amide bonds. The zero-order valence-electron chi connectivity index (χ0n) is 27.0. The average molecular weight is 649 g/mol. The van der Waals surface area contributed by atoms with Crippen LogP contribution >= 0.6 is 11.3 Å². The number of hydrogen-bond acceptors (Lipinski definition) is 9. The van der Waals surface area contributed by atoms with Gasteiger partial charge in [-0.15, -0.1) is 11.3 Å². The molecule has 1 N–H and O–H groups in total. The highest BCUT2D eigenvalue weighted by molar-refractivity contribution is 7.19. The number of amides is 1. The lowest BCUT2D eigenvalue weighted by Gasteiger charge is -2.30.